The van der Waals surface area contributed by atoms with Gasteiger partial charge in [0.2, 0.25) is 0 Å². The van der Waals surface area contributed by atoms with E-state index in [4.69, 9.17) is 9.26 Å². The summed E-state index contributed by atoms with van der Waals surface area (Å²) in [4.78, 5) is 27.9. The summed E-state index contributed by atoms with van der Waals surface area (Å²) in [6.45, 7) is 1.84. The number of rotatable bonds is 4. The van der Waals surface area contributed by atoms with Gasteiger partial charge in [0, 0.05) is 24.0 Å². The first-order chi connectivity index (χ1) is 13.1. The van der Waals surface area contributed by atoms with E-state index in [1.165, 1.54) is 0 Å². The molecule has 27 heavy (non-hydrogen) atoms. The van der Waals surface area contributed by atoms with Crippen molar-refractivity contribution in [2.75, 3.05) is 11.9 Å². The molecule has 1 aliphatic heterocycles. The van der Waals surface area contributed by atoms with Crippen LogP contribution >= 0.6 is 0 Å². The largest absolute Gasteiger partial charge is 0.482 e. The number of nitrogens with zero attached hydrogens (tertiary/aromatic N) is 2. The van der Waals surface area contributed by atoms with Crippen LogP contribution in [0.5, 0.6) is 5.75 Å². The molecule has 2 amide bonds. The zero-order chi connectivity index (χ0) is 18.8. The molecular formula is C19H16N4O4. The number of benzene rings is 1. The Labute approximate surface area is 154 Å². The lowest BCUT2D eigenvalue weighted by Crippen LogP contribution is -2.28. The Morgan fingerprint density at radius 2 is 2.19 bits per heavy atom. The lowest BCUT2D eigenvalue weighted by Gasteiger charge is -2.20. The summed E-state index contributed by atoms with van der Waals surface area (Å²) < 4.78 is 10.6. The van der Waals surface area contributed by atoms with Gasteiger partial charge in [0.15, 0.2) is 18.1 Å². The van der Waals surface area contributed by atoms with Crippen LogP contribution in [0.4, 0.5) is 5.69 Å². The van der Waals surface area contributed by atoms with Crippen molar-refractivity contribution in [1.82, 2.24) is 15.5 Å². The molecule has 136 valence electrons. The standard InChI is InChI=1S/C19H16N4O4/c1-11(12-4-5-16-14(7-12)22-18(24)10-26-16)21-19(25)15-8-17(27-23-15)13-3-2-6-20-9-13/h2-9,11H,10H2,1H3,(H,21,25)(H,22,24). The number of fused-ring (bicyclic) bond motifs is 1. The lowest BCUT2D eigenvalue weighted by atomic mass is 10.1. The molecule has 1 aliphatic rings. The summed E-state index contributed by atoms with van der Waals surface area (Å²) in [6.07, 6.45) is 3.29. The summed E-state index contributed by atoms with van der Waals surface area (Å²) in [5.41, 5.74) is 2.33. The van der Waals surface area contributed by atoms with Crippen molar-refractivity contribution in [3.05, 3.63) is 60.0 Å². The maximum atomic E-state index is 12.5. The molecule has 8 heteroatoms. The topological polar surface area (TPSA) is 106 Å². The zero-order valence-electron chi connectivity index (χ0n) is 14.4. The average molecular weight is 364 g/mol. The Morgan fingerprint density at radius 3 is 3.00 bits per heavy atom. The Hall–Kier alpha value is -3.68. The third kappa shape index (κ3) is 3.50. The number of carbonyl (C=O) groups excluding carboxylic acids is 2. The molecule has 2 N–H and O–H groups in total. The second-order valence-electron chi connectivity index (χ2n) is 6.11. The van der Waals surface area contributed by atoms with Crippen molar-refractivity contribution in [3.8, 4) is 17.1 Å². The first-order valence-corrected chi connectivity index (χ1v) is 8.35. The zero-order valence-corrected chi connectivity index (χ0v) is 14.4. The minimum atomic E-state index is -0.362. The number of pyridine rings is 1. The van der Waals surface area contributed by atoms with Crippen molar-refractivity contribution < 1.29 is 18.8 Å². The molecule has 0 aliphatic carbocycles. The van der Waals surface area contributed by atoms with Crippen LogP contribution in [0.15, 0.2) is 53.3 Å². The lowest BCUT2D eigenvalue weighted by molar-refractivity contribution is -0.118. The van der Waals surface area contributed by atoms with E-state index in [1.807, 2.05) is 19.1 Å². The molecule has 8 nitrogen and oxygen atoms in total. The van der Waals surface area contributed by atoms with E-state index in [-0.39, 0.29) is 30.2 Å². The molecule has 4 rings (SSSR count). The monoisotopic (exact) mass is 364 g/mol. The highest BCUT2D eigenvalue weighted by molar-refractivity contribution is 5.95. The first kappa shape index (κ1) is 16.8. The van der Waals surface area contributed by atoms with Gasteiger partial charge in [0.05, 0.1) is 11.7 Å². The summed E-state index contributed by atoms with van der Waals surface area (Å²) in [7, 11) is 0. The molecule has 1 unspecified atom stereocenters. The fourth-order valence-corrected chi connectivity index (χ4v) is 2.75. The first-order valence-electron chi connectivity index (χ1n) is 8.35. The van der Waals surface area contributed by atoms with Crippen molar-refractivity contribution in [3.63, 3.8) is 0 Å². The number of carbonyl (C=O) groups is 2. The maximum absolute atomic E-state index is 12.5. The maximum Gasteiger partial charge on any atom is 0.273 e. The third-order valence-electron chi connectivity index (χ3n) is 4.17. The molecule has 1 aromatic carbocycles. The Balaban J connectivity index is 1.48. The van der Waals surface area contributed by atoms with Crippen LogP contribution in [-0.4, -0.2) is 28.6 Å². The quantitative estimate of drug-likeness (QED) is 0.737. The van der Waals surface area contributed by atoms with Gasteiger partial charge in [-0.3, -0.25) is 14.6 Å². The second-order valence-corrected chi connectivity index (χ2v) is 6.11. The SMILES string of the molecule is CC(NC(=O)c1cc(-c2cccnc2)on1)c1ccc2c(c1)NC(=O)CO2. The molecule has 1 atom stereocenters. The summed E-state index contributed by atoms with van der Waals surface area (Å²) in [6, 6.07) is 10.2. The Kier molecular flexibility index (Phi) is 4.29. The molecule has 3 heterocycles. The minimum Gasteiger partial charge on any atom is -0.482 e. The number of hydrogen-bond donors (Lipinski definition) is 2. The van der Waals surface area contributed by atoms with E-state index in [1.54, 1.807) is 36.7 Å². The van der Waals surface area contributed by atoms with Crippen LogP contribution in [0.3, 0.4) is 0 Å². The van der Waals surface area contributed by atoms with Crippen molar-refractivity contribution in [2.24, 2.45) is 0 Å². The molecular weight excluding hydrogens is 348 g/mol. The number of hydrogen-bond acceptors (Lipinski definition) is 6. The van der Waals surface area contributed by atoms with E-state index < -0.39 is 0 Å². The minimum absolute atomic E-state index is 0.00403. The van der Waals surface area contributed by atoms with Gasteiger partial charge < -0.3 is 19.9 Å². The molecule has 0 saturated heterocycles. The van der Waals surface area contributed by atoms with Gasteiger partial charge in [-0.15, -0.1) is 0 Å². The van der Waals surface area contributed by atoms with Crippen LogP contribution in [-0.2, 0) is 4.79 Å². The van der Waals surface area contributed by atoms with E-state index >= 15 is 0 Å². The molecule has 2 aromatic heterocycles. The highest BCUT2D eigenvalue weighted by Crippen LogP contribution is 2.30. The van der Waals surface area contributed by atoms with Gasteiger partial charge in [0.1, 0.15) is 5.75 Å². The normalized spacial score (nSPS) is 13.9. The Morgan fingerprint density at radius 1 is 1.30 bits per heavy atom. The van der Waals surface area contributed by atoms with E-state index in [0.717, 1.165) is 11.1 Å². The van der Waals surface area contributed by atoms with E-state index in [2.05, 4.69) is 20.8 Å². The number of aromatic nitrogens is 2. The fraction of sp³-hybridized carbons (Fsp3) is 0.158. The number of ether oxygens (including phenoxy) is 1. The number of nitrogens with one attached hydrogen (secondary N) is 2. The predicted octanol–water partition coefficient (Wildman–Crippen LogP) is 2.56. The molecule has 0 spiro atoms. The van der Waals surface area contributed by atoms with Crippen molar-refractivity contribution in [1.29, 1.82) is 0 Å². The highest BCUT2D eigenvalue weighted by Gasteiger charge is 2.20. The van der Waals surface area contributed by atoms with Crippen LogP contribution in [0.25, 0.3) is 11.3 Å². The van der Waals surface area contributed by atoms with Gasteiger partial charge in [0.25, 0.3) is 11.8 Å². The van der Waals surface area contributed by atoms with Crippen molar-refractivity contribution >= 4 is 17.5 Å². The number of amides is 2. The highest BCUT2D eigenvalue weighted by atomic mass is 16.5. The van der Waals surface area contributed by atoms with Gasteiger partial charge in [-0.25, -0.2) is 0 Å². The van der Waals surface area contributed by atoms with E-state index in [9.17, 15) is 9.59 Å². The number of anilines is 1. The van der Waals surface area contributed by atoms with Gasteiger partial charge >= 0.3 is 0 Å². The smallest absolute Gasteiger partial charge is 0.273 e. The van der Waals surface area contributed by atoms with Crippen LogP contribution in [0.1, 0.15) is 29.0 Å². The van der Waals surface area contributed by atoms with Crippen LogP contribution in [0, 0.1) is 0 Å². The van der Waals surface area contributed by atoms with Crippen molar-refractivity contribution in [2.45, 2.75) is 13.0 Å². The average Bonchev–Trinajstić information content (AvgIpc) is 3.18. The Bertz CT molecular complexity index is 1000. The van der Waals surface area contributed by atoms with Crippen LogP contribution < -0.4 is 15.4 Å². The molecule has 3 aromatic rings. The molecule has 0 saturated carbocycles. The van der Waals surface area contributed by atoms with Gasteiger partial charge in [-0.2, -0.15) is 0 Å². The predicted molar refractivity (Wildman–Crippen MR) is 96.2 cm³/mol. The molecule has 0 bridgehead atoms. The summed E-state index contributed by atoms with van der Waals surface area (Å²) in [5.74, 6) is 0.505. The van der Waals surface area contributed by atoms with Gasteiger partial charge in [-0.1, -0.05) is 11.2 Å². The molecule has 0 radical (unpaired) electrons. The fourth-order valence-electron chi connectivity index (χ4n) is 2.75. The molecule has 0 fully saturated rings. The summed E-state index contributed by atoms with van der Waals surface area (Å²) in [5, 5.41) is 9.44. The van der Waals surface area contributed by atoms with E-state index in [0.29, 0.717) is 17.2 Å². The summed E-state index contributed by atoms with van der Waals surface area (Å²) >= 11 is 0. The third-order valence-corrected chi connectivity index (χ3v) is 4.17. The van der Waals surface area contributed by atoms with Crippen LogP contribution in [0.2, 0.25) is 0 Å². The second kappa shape index (κ2) is 6.91. The van der Waals surface area contributed by atoms with Gasteiger partial charge in [-0.05, 0) is 36.8 Å².